The molecule has 1 aliphatic rings. The van der Waals surface area contributed by atoms with Crippen molar-refractivity contribution in [1.82, 2.24) is 4.98 Å². The highest BCUT2D eigenvalue weighted by molar-refractivity contribution is 5.46. The van der Waals surface area contributed by atoms with Gasteiger partial charge in [0.2, 0.25) is 0 Å². The van der Waals surface area contributed by atoms with Gasteiger partial charge in [0.15, 0.2) is 0 Å². The van der Waals surface area contributed by atoms with Crippen molar-refractivity contribution in [2.75, 3.05) is 37.5 Å². The van der Waals surface area contributed by atoms with E-state index in [-0.39, 0.29) is 0 Å². The minimum atomic E-state index is 0.420. The summed E-state index contributed by atoms with van der Waals surface area (Å²) < 4.78 is 5.36. The molecule has 0 radical (unpaired) electrons. The zero-order valence-corrected chi connectivity index (χ0v) is 9.94. The largest absolute Gasteiger partial charge is 0.381 e. The Morgan fingerprint density at radius 3 is 2.75 bits per heavy atom. The standard InChI is InChI=1S/C12H19N3O/c1-13-11-4-3-5-12(14-11)15-8-6-10(16-2)7-9-15/h3-5,10H,6-9H2,1-2H3,(H,13,14). The second-order valence-electron chi connectivity index (χ2n) is 4.05. The third-order valence-corrected chi connectivity index (χ3v) is 3.09. The highest BCUT2D eigenvalue weighted by atomic mass is 16.5. The van der Waals surface area contributed by atoms with Gasteiger partial charge in [-0.2, -0.15) is 0 Å². The monoisotopic (exact) mass is 221 g/mol. The van der Waals surface area contributed by atoms with Gasteiger partial charge < -0.3 is 15.0 Å². The van der Waals surface area contributed by atoms with Gasteiger partial charge in [-0.05, 0) is 25.0 Å². The van der Waals surface area contributed by atoms with Crippen LogP contribution in [0.25, 0.3) is 0 Å². The molecule has 1 aromatic heterocycles. The number of ether oxygens (including phenoxy) is 1. The van der Waals surface area contributed by atoms with Crippen LogP contribution in [0.1, 0.15) is 12.8 Å². The number of piperidine rings is 1. The predicted molar refractivity (Wildman–Crippen MR) is 66.0 cm³/mol. The number of rotatable bonds is 3. The topological polar surface area (TPSA) is 37.4 Å². The summed E-state index contributed by atoms with van der Waals surface area (Å²) in [5, 5.41) is 3.06. The fourth-order valence-electron chi connectivity index (χ4n) is 2.06. The molecule has 0 saturated carbocycles. The Kier molecular flexibility index (Phi) is 3.62. The van der Waals surface area contributed by atoms with Crippen molar-refractivity contribution in [3.05, 3.63) is 18.2 Å². The summed E-state index contributed by atoms with van der Waals surface area (Å²) in [7, 11) is 3.68. The molecule has 1 saturated heterocycles. The van der Waals surface area contributed by atoms with E-state index in [1.165, 1.54) is 0 Å². The third-order valence-electron chi connectivity index (χ3n) is 3.09. The summed E-state index contributed by atoms with van der Waals surface area (Å²) in [6.45, 7) is 2.05. The number of hydrogen-bond donors (Lipinski definition) is 1. The van der Waals surface area contributed by atoms with Gasteiger partial charge in [-0.3, -0.25) is 0 Å². The van der Waals surface area contributed by atoms with Gasteiger partial charge in [0.1, 0.15) is 11.6 Å². The van der Waals surface area contributed by atoms with E-state index in [2.05, 4.69) is 21.3 Å². The Bertz CT molecular complexity index is 335. The van der Waals surface area contributed by atoms with Crippen LogP contribution in [0.15, 0.2) is 18.2 Å². The average Bonchev–Trinajstić information content (AvgIpc) is 2.39. The van der Waals surface area contributed by atoms with Gasteiger partial charge in [-0.25, -0.2) is 4.98 Å². The normalized spacial score (nSPS) is 17.5. The van der Waals surface area contributed by atoms with Crippen LogP contribution >= 0.6 is 0 Å². The molecule has 0 unspecified atom stereocenters. The van der Waals surface area contributed by atoms with Crippen LogP contribution in [0.4, 0.5) is 11.6 Å². The first-order valence-electron chi connectivity index (χ1n) is 5.76. The predicted octanol–water partition coefficient (Wildman–Crippen LogP) is 1.74. The number of pyridine rings is 1. The number of aromatic nitrogens is 1. The minimum Gasteiger partial charge on any atom is -0.381 e. The van der Waals surface area contributed by atoms with Crippen LogP contribution in [0, 0.1) is 0 Å². The first kappa shape index (κ1) is 11.2. The van der Waals surface area contributed by atoms with Crippen molar-refractivity contribution in [3.8, 4) is 0 Å². The van der Waals surface area contributed by atoms with E-state index in [0.717, 1.165) is 37.6 Å². The van der Waals surface area contributed by atoms with E-state index in [1.54, 1.807) is 7.11 Å². The SMILES string of the molecule is CNc1cccc(N2CCC(OC)CC2)n1. The molecule has 0 aromatic carbocycles. The summed E-state index contributed by atoms with van der Waals surface area (Å²) in [4.78, 5) is 6.86. The molecule has 2 rings (SSSR count). The van der Waals surface area contributed by atoms with Gasteiger partial charge >= 0.3 is 0 Å². The van der Waals surface area contributed by atoms with Crippen molar-refractivity contribution in [2.45, 2.75) is 18.9 Å². The Hall–Kier alpha value is -1.29. The molecule has 4 nitrogen and oxygen atoms in total. The van der Waals surface area contributed by atoms with E-state index >= 15 is 0 Å². The molecule has 0 atom stereocenters. The molecule has 4 heteroatoms. The van der Waals surface area contributed by atoms with Gasteiger partial charge in [0.05, 0.1) is 6.10 Å². The van der Waals surface area contributed by atoms with Crippen LogP contribution in [-0.4, -0.2) is 38.3 Å². The van der Waals surface area contributed by atoms with E-state index < -0.39 is 0 Å². The molecule has 1 fully saturated rings. The van der Waals surface area contributed by atoms with Crippen LogP contribution in [0.3, 0.4) is 0 Å². The first-order chi connectivity index (χ1) is 7.83. The maximum atomic E-state index is 5.36. The Balaban J connectivity index is 2.02. The van der Waals surface area contributed by atoms with Crippen molar-refractivity contribution < 1.29 is 4.74 Å². The van der Waals surface area contributed by atoms with Crippen molar-refractivity contribution in [1.29, 1.82) is 0 Å². The quantitative estimate of drug-likeness (QED) is 0.843. The van der Waals surface area contributed by atoms with Gasteiger partial charge in [0, 0.05) is 27.2 Å². The zero-order chi connectivity index (χ0) is 11.4. The molecule has 0 aliphatic carbocycles. The molecular formula is C12H19N3O. The minimum absolute atomic E-state index is 0.420. The Labute approximate surface area is 96.6 Å². The van der Waals surface area contributed by atoms with Crippen LogP contribution in [0.2, 0.25) is 0 Å². The van der Waals surface area contributed by atoms with Crippen molar-refractivity contribution in [3.63, 3.8) is 0 Å². The maximum Gasteiger partial charge on any atom is 0.130 e. The Morgan fingerprint density at radius 2 is 2.12 bits per heavy atom. The lowest BCUT2D eigenvalue weighted by Crippen LogP contribution is -2.37. The van der Waals surface area contributed by atoms with Crippen molar-refractivity contribution in [2.24, 2.45) is 0 Å². The lowest BCUT2D eigenvalue weighted by Gasteiger charge is -2.32. The molecule has 1 N–H and O–H groups in total. The fourth-order valence-corrected chi connectivity index (χ4v) is 2.06. The average molecular weight is 221 g/mol. The second-order valence-corrected chi connectivity index (χ2v) is 4.05. The zero-order valence-electron chi connectivity index (χ0n) is 9.94. The summed E-state index contributed by atoms with van der Waals surface area (Å²) in [5.74, 6) is 1.98. The highest BCUT2D eigenvalue weighted by Crippen LogP contribution is 2.20. The summed E-state index contributed by atoms with van der Waals surface area (Å²) in [5.41, 5.74) is 0. The summed E-state index contributed by atoms with van der Waals surface area (Å²) in [6.07, 6.45) is 2.59. The van der Waals surface area contributed by atoms with Gasteiger partial charge in [0.25, 0.3) is 0 Å². The highest BCUT2D eigenvalue weighted by Gasteiger charge is 2.19. The first-order valence-corrected chi connectivity index (χ1v) is 5.76. The molecule has 16 heavy (non-hydrogen) atoms. The number of anilines is 2. The van der Waals surface area contributed by atoms with E-state index in [9.17, 15) is 0 Å². The van der Waals surface area contributed by atoms with E-state index in [0.29, 0.717) is 6.10 Å². The summed E-state index contributed by atoms with van der Waals surface area (Å²) in [6, 6.07) is 6.08. The molecule has 1 aliphatic heterocycles. The molecular weight excluding hydrogens is 202 g/mol. The van der Waals surface area contributed by atoms with Crippen LogP contribution in [0.5, 0.6) is 0 Å². The summed E-state index contributed by atoms with van der Waals surface area (Å²) >= 11 is 0. The van der Waals surface area contributed by atoms with Crippen molar-refractivity contribution >= 4 is 11.6 Å². The number of hydrogen-bond acceptors (Lipinski definition) is 4. The molecule has 88 valence electrons. The molecule has 0 spiro atoms. The Morgan fingerprint density at radius 1 is 1.38 bits per heavy atom. The smallest absolute Gasteiger partial charge is 0.130 e. The number of methoxy groups -OCH3 is 1. The van der Waals surface area contributed by atoms with Gasteiger partial charge in [-0.15, -0.1) is 0 Å². The molecule has 0 bridgehead atoms. The number of nitrogens with zero attached hydrogens (tertiary/aromatic N) is 2. The lowest BCUT2D eigenvalue weighted by molar-refractivity contribution is 0.0818. The van der Waals surface area contributed by atoms with Crippen LogP contribution < -0.4 is 10.2 Å². The van der Waals surface area contributed by atoms with E-state index in [4.69, 9.17) is 4.74 Å². The lowest BCUT2D eigenvalue weighted by atomic mass is 10.1. The fraction of sp³-hybridized carbons (Fsp3) is 0.583. The number of nitrogens with one attached hydrogen (secondary N) is 1. The van der Waals surface area contributed by atoms with Crippen LogP contribution in [-0.2, 0) is 4.74 Å². The van der Waals surface area contributed by atoms with E-state index in [1.807, 2.05) is 19.2 Å². The molecule has 0 amide bonds. The molecule has 1 aromatic rings. The molecule has 2 heterocycles. The maximum absolute atomic E-state index is 5.36. The van der Waals surface area contributed by atoms with Gasteiger partial charge in [-0.1, -0.05) is 6.07 Å². The second kappa shape index (κ2) is 5.16. The third kappa shape index (κ3) is 2.44.